The van der Waals surface area contributed by atoms with E-state index in [9.17, 15) is 9.59 Å². The summed E-state index contributed by atoms with van der Waals surface area (Å²) in [6.45, 7) is 2.66. The summed E-state index contributed by atoms with van der Waals surface area (Å²) in [5, 5.41) is 9.17. The third-order valence-electron chi connectivity index (χ3n) is 1.78. The first kappa shape index (κ1) is 11.5. The van der Waals surface area contributed by atoms with Crippen LogP contribution in [0.2, 0.25) is 0 Å². The Hall–Kier alpha value is -1.62. The van der Waals surface area contributed by atoms with E-state index in [2.05, 4.69) is 4.74 Å². The first-order valence-corrected chi connectivity index (χ1v) is 4.43. The average molecular weight is 212 g/mol. The van der Waals surface area contributed by atoms with Crippen molar-refractivity contribution in [3.63, 3.8) is 0 Å². The molecule has 0 radical (unpaired) electrons. The Morgan fingerprint density at radius 1 is 1.67 bits per heavy atom. The quantitative estimate of drug-likeness (QED) is 0.748. The third-order valence-corrected chi connectivity index (χ3v) is 1.78. The highest BCUT2D eigenvalue weighted by Crippen LogP contribution is 2.08. The zero-order valence-corrected chi connectivity index (χ0v) is 8.52. The van der Waals surface area contributed by atoms with Gasteiger partial charge in [0.1, 0.15) is 18.6 Å². The van der Waals surface area contributed by atoms with Crippen molar-refractivity contribution in [2.24, 2.45) is 0 Å². The van der Waals surface area contributed by atoms with Crippen LogP contribution in [0.4, 0.5) is 0 Å². The molecule has 82 valence electrons. The molecule has 0 aliphatic carbocycles. The fraction of sp³-hybridized carbons (Fsp3) is 0.400. The predicted octanol–water partition coefficient (Wildman–Crippen LogP) is 0.756. The van der Waals surface area contributed by atoms with E-state index in [0.717, 1.165) is 0 Å². The number of aliphatic hydroxyl groups excluding tert-OH is 1. The zero-order chi connectivity index (χ0) is 11.4. The molecular formula is C10H12O5. The van der Waals surface area contributed by atoms with Crippen LogP contribution in [0.5, 0.6) is 0 Å². The van der Waals surface area contributed by atoms with E-state index in [1.165, 1.54) is 26.2 Å². The van der Waals surface area contributed by atoms with E-state index in [0.29, 0.717) is 0 Å². The first-order chi connectivity index (χ1) is 7.00. The number of rotatable bonds is 3. The van der Waals surface area contributed by atoms with Gasteiger partial charge < -0.3 is 14.3 Å². The lowest BCUT2D eigenvalue weighted by molar-refractivity contribution is -0.142. The van der Waals surface area contributed by atoms with Gasteiger partial charge in [-0.05, 0) is 6.92 Å². The maximum absolute atomic E-state index is 11.4. The van der Waals surface area contributed by atoms with Crippen LogP contribution in [-0.4, -0.2) is 11.1 Å². The fourth-order valence-electron chi connectivity index (χ4n) is 1.01. The summed E-state index contributed by atoms with van der Waals surface area (Å²) in [6, 6.07) is 1.20. The molecule has 1 rings (SSSR count). The van der Waals surface area contributed by atoms with E-state index < -0.39 is 12.1 Å². The van der Waals surface area contributed by atoms with Crippen molar-refractivity contribution in [2.45, 2.75) is 26.6 Å². The minimum atomic E-state index is -0.871. The van der Waals surface area contributed by atoms with E-state index in [4.69, 9.17) is 9.52 Å². The molecule has 1 aromatic rings. The Labute approximate surface area is 86.3 Å². The average Bonchev–Trinajstić information content (AvgIpc) is 2.14. The van der Waals surface area contributed by atoms with Gasteiger partial charge in [0.2, 0.25) is 0 Å². The maximum Gasteiger partial charge on any atom is 0.303 e. The molecule has 15 heavy (non-hydrogen) atoms. The number of ether oxygens (including phenoxy) is 1. The summed E-state index contributed by atoms with van der Waals surface area (Å²) in [4.78, 5) is 21.9. The number of hydrogen-bond donors (Lipinski definition) is 1. The molecule has 0 unspecified atom stereocenters. The summed E-state index contributed by atoms with van der Waals surface area (Å²) in [5.74, 6) is -0.197. The van der Waals surface area contributed by atoms with Crippen molar-refractivity contribution >= 4 is 5.97 Å². The Morgan fingerprint density at radius 2 is 2.33 bits per heavy atom. The number of carbonyl (C=O) groups excluding carboxylic acids is 1. The second kappa shape index (κ2) is 4.75. The molecule has 0 aliphatic rings. The second-order valence-corrected chi connectivity index (χ2v) is 3.12. The summed E-state index contributed by atoms with van der Waals surface area (Å²) in [5.41, 5.74) is -0.153. The number of carbonyl (C=O) groups is 1. The van der Waals surface area contributed by atoms with Crippen LogP contribution < -0.4 is 5.43 Å². The second-order valence-electron chi connectivity index (χ2n) is 3.12. The van der Waals surface area contributed by atoms with Crippen molar-refractivity contribution in [1.82, 2.24) is 0 Å². The lowest BCUT2D eigenvalue weighted by Gasteiger charge is -2.04. The molecule has 1 aromatic heterocycles. The summed E-state index contributed by atoms with van der Waals surface area (Å²) in [7, 11) is 0. The van der Waals surface area contributed by atoms with Crippen molar-refractivity contribution in [2.75, 3.05) is 0 Å². The smallest absolute Gasteiger partial charge is 0.303 e. The fourth-order valence-corrected chi connectivity index (χ4v) is 1.01. The Kier molecular flexibility index (Phi) is 3.62. The number of esters is 1. The highest BCUT2D eigenvalue weighted by Gasteiger charge is 2.08. The lowest BCUT2D eigenvalue weighted by atomic mass is 10.2. The summed E-state index contributed by atoms with van der Waals surface area (Å²) in [6.07, 6.45) is 0.301. The predicted molar refractivity (Wildman–Crippen MR) is 51.1 cm³/mol. The van der Waals surface area contributed by atoms with Crippen LogP contribution in [0.3, 0.4) is 0 Å². The van der Waals surface area contributed by atoms with E-state index in [1.807, 2.05) is 0 Å². The maximum atomic E-state index is 11.4. The van der Waals surface area contributed by atoms with E-state index in [-0.39, 0.29) is 23.4 Å². The first-order valence-electron chi connectivity index (χ1n) is 4.43. The van der Waals surface area contributed by atoms with Crippen LogP contribution in [0.1, 0.15) is 31.3 Å². The Balaban J connectivity index is 2.83. The molecule has 0 aliphatic heterocycles. The minimum absolute atomic E-state index is 0.0787. The molecule has 0 aromatic carbocycles. The molecule has 1 N–H and O–H groups in total. The van der Waals surface area contributed by atoms with Crippen LogP contribution in [0, 0.1) is 0 Å². The molecule has 0 spiro atoms. The van der Waals surface area contributed by atoms with Crippen molar-refractivity contribution < 1.29 is 19.1 Å². The molecule has 1 atom stereocenters. The van der Waals surface area contributed by atoms with Crippen LogP contribution in [-0.2, 0) is 16.1 Å². The molecule has 0 amide bonds. The number of hydrogen-bond acceptors (Lipinski definition) is 5. The van der Waals surface area contributed by atoms with E-state index in [1.54, 1.807) is 0 Å². The lowest BCUT2D eigenvalue weighted by Crippen LogP contribution is -2.11. The molecule has 0 fully saturated rings. The molecule has 1 heterocycles. The SMILES string of the molecule is CC(=O)OCc1cc(=O)c([C@H](C)O)co1. The van der Waals surface area contributed by atoms with E-state index >= 15 is 0 Å². The van der Waals surface area contributed by atoms with Crippen molar-refractivity contribution in [1.29, 1.82) is 0 Å². The van der Waals surface area contributed by atoms with Gasteiger partial charge >= 0.3 is 5.97 Å². The standard InChI is InChI=1S/C10H12O5/c1-6(11)9-5-15-8(3-10(9)13)4-14-7(2)12/h3,5-6,11H,4H2,1-2H3/t6-/m0/s1. The van der Waals surface area contributed by atoms with Gasteiger partial charge in [-0.15, -0.1) is 0 Å². The normalized spacial score (nSPS) is 12.2. The van der Waals surface area contributed by atoms with Gasteiger partial charge in [-0.25, -0.2) is 0 Å². The van der Waals surface area contributed by atoms with Crippen LogP contribution in [0.25, 0.3) is 0 Å². The van der Waals surface area contributed by atoms with Gasteiger partial charge in [0.05, 0.1) is 11.7 Å². The molecule has 5 heteroatoms. The molecule has 0 bridgehead atoms. The third kappa shape index (κ3) is 3.21. The largest absolute Gasteiger partial charge is 0.465 e. The monoisotopic (exact) mass is 212 g/mol. The topological polar surface area (TPSA) is 76.7 Å². The zero-order valence-electron chi connectivity index (χ0n) is 8.52. The van der Waals surface area contributed by atoms with Gasteiger partial charge in [-0.3, -0.25) is 9.59 Å². The van der Waals surface area contributed by atoms with Gasteiger partial charge in [0.15, 0.2) is 5.43 Å². The van der Waals surface area contributed by atoms with Gasteiger partial charge in [-0.2, -0.15) is 0 Å². The Bertz CT molecular complexity index is 405. The molecule has 0 saturated heterocycles. The Morgan fingerprint density at radius 3 is 2.80 bits per heavy atom. The van der Waals surface area contributed by atoms with Gasteiger partial charge in [-0.1, -0.05) is 0 Å². The van der Waals surface area contributed by atoms with Crippen LogP contribution in [0.15, 0.2) is 21.5 Å². The van der Waals surface area contributed by atoms with Gasteiger partial charge in [0.25, 0.3) is 0 Å². The van der Waals surface area contributed by atoms with Crippen molar-refractivity contribution in [3.05, 3.63) is 33.9 Å². The highest BCUT2D eigenvalue weighted by molar-refractivity contribution is 5.65. The summed E-state index contributed by atoms with van der Waals surface area (Å²) < 4.78 is 9.66. The van der Waals surface area contributed by atoms with Crippen molar-refractivity contribution in [3.8, 4) is 0 Å². The minimum Gasteiger partial charge on any atom is -0.465 e. The molecular weight excluding hydrogens is 200 g/mol. The molecule has 5 nitrogen and oxygen atoms in total. The number of aliphatic hydroxyl groups is 1. The molecule has 0 saturated carbocycles. The van der Waals surface area contributed by atoms with Crippen LogP contribution >= 0.6 is 0 Å². The summed E-state index contributed by atoms with van der Waals surface area (Å²) >= 11 is 0. The highest BCUT2D eigenvalue weighted by atomic mass is 16.5. The van der Waals surface area contributed by atoms with Gasteiger partial charge in [0, 0.05) is 13.0 Å².